The Hall–Kier alpha value is -0.240. The molecule has 0 bridgehead atoms. The van der Waals surface area contributed by atoms with Gasteiger partial charge < -0.3 is 0 Å². The maximum absolute atomic E-state index is 5.09. The quantitative estimate of drug-likeness (QED) is 0.249. The summed E-state index contributed by atoms with van der Waals surface area (Å²) in [6, 6.07) is 0. The molecule has 0 aliphatic rings. The van der Waals surface area contributed by atoms with E-state index in [4.69, 9.17) is 23.4 Å². The molecule has 0 aromatic heterocycles. The molecule has 0 aliphatic carbocycles. The summed E-state index contributed by atoms with van der Waals surface area (Å²) >= 11 is 0. The minimum atomic E-state index is 0.588. The van der Waals surface area contributed by atoms with Crippen LogP contribution in [0.3, 0.4) is 0 Å². The van der Waals surface area contributed by atoms with E-state index in [0.717, 1.165) is 16.7 Å². The van der Waals surface area contributed by atoms with E-state index < -0.39 is 0 Å². The SMILES string of the molecule is NN(N)CCCN(N)N. The monoisotopic (exact) mass is 134 g/mol. The highest BCUT2D eigenvalue weighted by Gasteiger charge is 1.92. The Morgan fingerprint density at radius 1 is 0.778 bits per heavy atom. The summed E-state index contributed by atoms with van der Waals surface area (Å²) in [6.07, 6.45) is 0.764. The molecular weight excluding hydrogens is 120 g/mol. The molecule has 6 nitrogen and oxygen atoms in total. The van der Waals surface area contributed by atoms with E-state index in [1.54, 1.807) is 0 Å². The van der Waals surface area contributed by atoms with E-state index in [1.165, 1.54) is 0 Å². The van der Waals surface area contributed by atoms with Crippen molar-refractivity contribution >= 4 is 0 Å². The van der Waals surface area contributed by atoms with Gasteiger partial charge in [-0.1, -0.05) is 0 Å². The zero-order valence-corrected chi connectivity index (χ0v) is 5.33. The Morgan fingerprint density at radius 2 is 1.11 bits per heavy atom. The lowest BCUT2D eigenvalue weighted by Gasteiger charge is -2.11. The van der Waals surface area contributed by atoms with Gasteiger partial charge in [0.25, 0.3) is 0 Å². The van der Waals surface area contributed by atoms with Gasteiger partial charge in [-0.15, -0.1) is 0 Å². The lowest BCUT2D eigenvalue weighted by Crippen LogP contribution is -2.43. The van der Waals surface area contributed by atoms with Crippen molar-refractivity contribution in [1.29, 1.82) is 0 Å². The summed E-state index contributed by atoms with van der Waals surface area (Å²) in [6.45, 7) is 1.18. The van der Waals surface area contributed by atoms with Crippen LogP contribution in [-0.2, 0) is 0 Å². The van der Waals surface area contributed by atoms with Gasteiger partial charge in [0.05, 0.1) is 0 Å². The van der Waals surface area contributed by atoms with Crippen LogP contribution in [0.4, 0.5) is 0 Å². The van der Waals surface area contributed by atoms with Gasteiger partial charge in [0, 0.05) is 13.1 Å². The predicted molar refractivity (Wildman–Crippen MR) is 34.8 cm³/mol. The highest BCUT2D eigenvalue weighted by Crippen LogP contribution is 1.77. The normalized spacial score (nSPS) is 11.3. The van der Waals surface area contributed by atoms with Crippen LogP contribution in [0.1, 0.15) is 6.42 Å². The molecule has 0 saturated carbocycles. The van der Waals surface area contributed by atoms with Gasteiger partial charge in [0.15, 0.2) is 0 Å². The zero-order chi connectivity index (χ0) is 7.28. The van der Waals surface area contributed by atoms with Crippen LogP contribution < -0.4 is 23.4 Å². The average Bonchev–Trinajstić information content (AvgIpc) is 1.63. The number of nitrogens with zero attached hydrogens (tertiary/aromatic N) is 2. The largest absolute Gasteiger partial charge is 0.255 e. The molecule has 0 aromatic rings. The smallest absolute Gasteiger partial charge is 0.0296 e. The summed E-state index contributed by atoms with van der Waals surface area (Å²) in [4.78, 5) is 0. The number of hydrazine groups is 4. The van der Waals surface area contributed by atoms with Gasteiger partial charge in [-0.25, -0.2) is 0 Å². The fourth-order valence-corrected chi connectivity index (χ4v) is 0.436. The molecule has 0 saturated heterocycles. The van der Waals surface area contributed by atoms with Gasteiger partial charge in [-0.2, -0.15) is 10.2 Å². The lowest BCUT2D eigenvalue weighted by molar-refractivity contribution is 0.239. The molecule has 0 rings (SSSR count). The number of hydrogen-bond donors (Lipinski definition) is 4. The predicted octanol–water partition coefficient (Wildman–Crippen LogP) is -2.52. The summed E-state index contributed by atoms with van der Waals surface area (Å²) in [5.41, 5.74) is 0. The fourth-order valence-electron chi connectivity index (χ4n) is 0.436. The molecule has 6 heteroatoms. The van der Waals surface area contributed by atoms with Crippen LogP contribution in [0.5, 0.6) is 0 Å². The number of nitrogens with two attached hydrogens (primary N) is 4. The first-order valence-corrected chi connectivity index (χ1v) is 2.67. The maximum Gasteiger partial charge on any atom is 0.0296 e. The lowest BCUT2D eigenvalue weighted by atomic mass is 10.4. The minimum absolute atomic E-state index is 0.588. The van der Waals surface area contributed by atoms with Gasteiger partial charge in [0.2, 0.25) is 0 Å². The van der Waals surface area contributed by atoms with Crippen molar-refractivity contribution < 1.29 is 0 Å². The third kappa shape index (κ3) is 7.76. The van der Waals surface area contributed by atoms with Crippen LogP contribution in [0.15, 0.2) is 0 Å². The molecule has 0 heterocycles. The number of rotatable bonds is 4. The van der Waals surface area contributed by atoms with E-state index in [2.05, 4.69) is 0 Å². The first-order chi connectivity index (χ1) is 4.13. The molecule has 9 heavy (non-hydrogen) atoms. The van der Waals surface area contributed by atoms with Crippen LogP contribution in [-0.4, -0.2) is 23.3 Å². The van der Waals surface area contributed by atoms with E-state index in [0.29, 0.717) is 13.1 Å². The Kier molecular flexibility index (Phi) is 4.50. The Balaban J connectivity index is 2.91. The molecule has 0 radical (unpaired) electrons. The number of hydrogen-bond acceptors (Lipinski definition) is 6. The third-order valence-electron chi connectivity index (χ3n) is 0.833. The van der Waals surface area contributed by atoms with E-state index >= 15 is 0 Å². The second kappa shape index (κ2) is 4.62. The van der Waals surface area contributed by atoms with E-state index in [9.17, 15) is 0 Å². The second-order valence-corrected chi connectivity index (χ2v) is 1.83. The first kappa shape index (κ1) is 8.76. The summed E-state index contributed by atoms with van der Waals surface area (Å²) < 4.78 is 0. The van der Waals surface area contributed by atoms with Crippen LogP contribution >= 0.6 is 0 Å². The average molecular weight is 134 g/mol. The Bertz CT molecular complexity index is 53.3. The molecular formula is C3H14N6. The standard InChI is InChI=1S/C3H14N6/c4-8(5)2-1-3-9(6)7/h1-7H2. The van der Waals surface area contributed by atoms with Gasteiger partial charge >= 0.3 is 0 Å². The fraction of sp³-hybridized carbons (Fsp3) is 1.00. The van der Waals surface area contributed by atoms with Crippen LogP contribution in [0.2, 0.25) is 0 Å². The zero-order valence-electron chi connectivity index (χ0n) is 5.33. The van der Waals surface area contributed by atoms with Crippen LogP contribution in [0, 0.1) is 0 Å². The summed E-state index contributed by atoms with van der Waals surface area (Å²) in [5, 5.41) is 2.20. The molecule has 0 fully saturated rings. The molecule has 0 aliphatic heterocycles. The molecule has 8 N–H and O–H groups in total. The van der Waals surface area contributed by atoms with Gasteiger partial charge in [-0.3, -0.25) is 23.4 Å². The Labute approximate surface area is 54.2 Å². The summed E-state index contributed by atoms with van der Waals surface area (Å²) in [5.74, 6) is 20.4. The second-order valence-electron chi connectivity index (χ2n) is 1.83. The summed E-state index contributed by atoms with van der Waals surface area (Å²) in [7, 11) is 0. The van der Waals surface area contributed by atoms with Crippen molar-refractivity contribution in [3.63, 3.8) is 0 Å². The molecule has 0 amide bonds. The molecule has 56 valence electrons. The van der Waals surface area contributed by atoms with Crippen molar-refractivity contribution in [3.05, 3.63) is 0 Å². The maximum atomic E-state index is 5.09. The van der Waals surface area contributed by atoms with Crippen molar-refractivity contribution in [2.75, 3.05) is 13.1 Å². The molecule has 0 spiro atoms. The van der Waals surface area contributed by atoms with Crippen LogP contribution in [0.25, 0.3) is 0 Å². The third-order valence-corrected chi connectivity index (χ3v) is 0.833. The van der Waals surface area contributed by atoms with E-state index in [-0.39, 0.29) is 0 Å². The highest BCUT2D eigenvalue weighted by atomic mass is 15.6. The first-order valence-electron chi connectivity index (χ1n) is 2.67. The van der Waals surface area contributed by atoms with Crippen molar-refractivity contribution in [1.82, 2.24) is 10.2 Å². The topological polar surface area (TPSA) is 111 Å². The van der Waals surface area contributed by atoms with Crippen molar-refractivity contribution in [2.24, 2.45) is 23.4 Å². The molecule has 0 aromatic carbocycles. The van der Waals surface area contributed by atoms with Crippen molar-refractivity contribution in [3.8, 4) is 0 Å². The molecule has 0 atom stereocenters. The van der Waals surface area contributed by atoms with Gasteiger partial charge in [-0.05, 0) is 6.42 Å². The van der Waals surface area contributed by atoms with Gasteiger partial charge in [0.1, 0.15) is 0 Å². The molecule has 0 unspecified atom stereocenters. The Morgan fingerprint density at radius 3 is 1.33 bits per heavy atom. The van der Waals surface area contributed by atoms with Crippen molar-refractivity contribution in [2.45, 2.75) is 6.42 Å². The van der Waals surface area contributed by atoms with E-state index in [1.807, 2.05) is 0 Å². The highest BCUT2D eigenvalue weighted by molar-refractivity contribution is 4.41. The minimum Gasteiger partial charge on any atom is -0.255 e.